The normalized spacial score (nSPS) is 31.3. The van der Waals surface area contributed by atoms with Crippen molar-refractivity contribution in [1.82, 2.24) is 10.2 Å². The number of nitrogens with zero attached hydrogens (tertiary/aromatic N) is 1. The molecule has 1 saturated carbocycles. The lowest BCUT2D eigenvalue weighted by Gasteiger charge is -2.35. The number of fused-ring (bicyclic) bond motifs is 1. The van der Waals surface area contributed by atoms with Crippen LogP contribution in [0, 0.1) is 11.8 Å². The van der Waals surface area contributed by atoms with E-state index in [0.717, 1.165) is 57.1 Å². The molecule has 220 valence electrons. The van der Waals surface area contributed by atoms with E-state index in [0.29, 0.717) is 25.3 Å². The molecule has 3 N–H and O–H groups in total. The van der Waals surface area contributed by atoms with Crippen molar-refractivity contribution in [1.29, 1.82) is 0 Å². The number of aliphatic hydroxyl groups is 1. The fourth-order valence-corrected chi connectivity index (χ4v) is 8.21. The Morgan fingerprint density at radius 3 is 2.52 bits per heavy atom. The van der Waals surface area contributed by atoms with E-state index >= 15 is 0 Å². The first-order valence-electron chi connectivity index (χ1n) is 15.0. The van der Waals surface area contributed by atoms with Crippen molar-refractivity contribution in [3.05, 3.63) is 24.3 Å². The molecule has 1 aromatic rings. The lowest BCUT2D eigenvalue weighted by atomic mass is 9.70. The zero-order valence-corrected chi connectivity index (χ0v) is 24.9. The number of carbonyl (C=O) groups excluding carboxylic acids is 3. The zero-order valence-electron chi connectivity index (χ0n) is 23.3. The van der Waals surface area contributed by atoms with Crippen molar-refractivity contribution in [2.75, 3.05) is 25.1 Å². The number of carbonyl (C=O) groups is 3. The molecule has 1 aromatic carbocycles. The molecular formula is C30H42BrN3O6. The predicted octanol–water partition coefficient (Wildman–Crippen LogP) is 3.77. The van der Waals surface area contributed by atoms with E-state index in [2.05, 4.69) is 26.6 Å². The van der Waals surface area contributed by atoms with E-state index in [1.165, 1.54) is 6.42 Å². The smallest absolute Gasteiger partial charge is 0.246 e. The van der Waals surface area contributed by atoms with E-state index in [4.69, 9.17) is 14.6 Å². The second kappa shape index (κ2) is 12.8. The number of aliphatic hydroxyl groups excluding tert-OH is 1. The molecule has 5 rings (SSSR count). The monoisotopic (exact) mass is 619 g/mol. The number of amides is 3. The third-order valence-corrected chi connectivity index (χ3v) is 9.88. The third-order valence-electron chi connectivity index (χ3n) is 9.03. The van der Waals surface area contributed by atoms with Crippen molar-refractivity contribution in [3.63, 3.8) is 0 Å². The number of hydrogen-bond acceptors (Lipinski definition) is 6. The molecule has 40 heavy (non-hydrogen) atoms. The summed E-state index contributed by atoms with van der Waals surface area (Å²) in [5.74, 6) is -1.30. The lowest BCUT2D eigenvalue weighted by molar-refractivity contribution is -0.141. The average Bonchev–Trinajstić information content (AvgIpc) is 3.53. The number of nitrogens with one attached hydrogen (secondary N) is 2. The average molecular weight is 621 g/mol. The first kappa shape index (κ1) is 29.3. The summed E-state index contributed by atoms with van der Waals surface area (Å²) in [6.45, 7) is 3.04. The van der Waals surface area contributed by atoms with Gasteiger partial charge in [0.25, 0.3) is 0 Å². The van der Waals surface area contributed by atoms with Gasteiger partial charge in [-0.05, 0) is 63.3 Å². The molecule has 3 saturated heterocycles. The number of alkyl halides is 1. The maximum Gasteiger partial charge on any atom is 0.246 e. The van der Waals surface area contributed by atoms with Gasteiger partial charge in [-0.15, -0.1) is 0 Å². The summed E-state index contributed by atoms with van der Waals surface area (Å²) in [6, 6.07) is 6.52. The molecule has 0 aromatic heterocycles. The molecule has 3 unspecified atom stereocenters. The highest BCUT2D eigenvalue weighted by Gasteiger charge is 2.76. The van der Waals surface area contributed by atoms with Gasteiger partial charge in [0.05, 0.1) is 24.5 Å². The van der Waals surface area contributed by atoms with Gasteiger partial charge in [0.15, 0.2) is 0 Å². The fourth-order valence-electron chi connectivity index (χ4n) is 7.27. The number of ether oxygens (including phenoxy) is 2. The van der Waals surface area contributed by atoms with E-state index in [1.54, 1.807) is 29.2 Å². The third kappa shape index (κ3) is 5.63. The van der Waals surface area contributed by atoms with Crippen LogP contribution in [0.15, 0.2) is 24.3 Å². The maximum atomic E-state index is 14.1. The van der Waals surface area contributed by atoms with Crippen molar-refractivity contribution in [2.24, 2.45) is 11.8 Å². The Morgan fingerprint density at radius 1 is 1.10 bits per heavy atom. The summed E-state index contributed by atoms with van der Waals surface area (Å²) in [6.07, 6.45) is 8.43. The minimum absolute atomic E-state index is 0.107. The van der Waals surface area contributed by atoms with E-state index in [1.807, 2.05) is 6.92 Å². The Bertz CT molecular complexity index is 1060. The summed E-state index contributed by atoms with van der Waals surface area (Å²) in [7, 11) is 0. The standard InChI is InChI=1S/C30H42BrN3O6/c1-2-39-21-14-12-20(13-15-21)32-27(36)23-24-29(38)34(16-8-3-4-9-17-35)26(30(24)18-22(31)25(23)40-30)28(37)33-19-10-6-5-7-11-19/h12-15,19,22-26,35H,2-11,16-18H2,1H3,(H,32,36)(H,33,37)/t22?,23-,24-,25-,26?,30?/m0/s1. The summed E-state index contributed by atoms with van der Waals surface area (Å²) in [5, 5.41) is 15.4. The van der Waals surface area contributed by atoms with Crippen molar-refractivity contribution < 1.29 is 29.0 Å². The molecule has 10 heteroatoms. The Balaban J connectivity index is 1.38. The molecule has 9 nitrogen and oxygen atoms in total. The topological polar surface area (TPSA) is 117 Å². The van der Waals surface area contributed by atoms with Crippen molar-refractivity contribution >= 4 is 39.3 Å². The summed E-state index contributed by atoms with van der Waals surface area (Å²) < 4.78 is 12.1. The second-order valence-corrected chi connectivity index (χ2v) is 12.8. The van der Waals surface area contributed by atoms with Crippen molar-refractivity contribution in [3.8, 4) is 5.75 Å². The highest BCUT2D eigenvalue weighted by Crippen LogP contribution is 2.60. The Morgan fingerprint density at radius 2 is 1.82 bits per heavy atom. The van der Waals surface area contributed by atoms with E-state index in [9.17, 15) is 14.4 Å². The first-order chi connectivity index (χ1) is 19.4. The van der Waals surface area contributed by atoms with Gasteiger partial charge in [0, 0.05) is 29.7 Å². The number of hydrogen-bond donors (Lipinski definition) is 3. The van der Waals surface area contributed by atoms with Crippen LogP contribution in [0.25, 0.3) is 0 Å². The molecular weight excluding hydrogens is 578 g/mol. The summed E-state index contributed by atoms with van der Waals surface area (Å²) >= 11 is 3.74. The minimum atomic E-state index is -1.04. The van der Waals surface area contributed by atoms with E-state index < -0.39 is 29.6 Å². The van der Waals surface area contributed by atoms with Gasteiger partial charge in [-0.1, -0.05) is 48.0 Å². The van der Waals surface area contributed by atoms with Gasteiger partial charge in [0.2, 0.25) is 17.7 Å². The molecule has 3 aliphatic heterocycles. The van der Waals surface area contributed by atoms with Crippen LogP contribution in [0.1, 0.15) is 71.1 Å². The molecule has 2 bridgehead atoms. The molecule has 6 atom stereocenters. The Labute approximate surface area is 244 Å². The SMILES string of the molecule is CCOc1ccc(NC(=O)[C@H]2[C@H]3C(=O)N(CCCCCCO)C(C(=O)NC4CCCCC4)C34CC(Br)[C@@H]2O4)cc1. The van der Waals surface area contributed by atoms with Crippen LogP contribution in [0.2, 0.25) is 0 Å². The van der Waals surface area contributed by atoms with E-state index in [-0.39, 0.29) is 35.2 Å². The summed E-state index contributed by atoms with van der Waals surface area (Å²) in [4.78, 5) is 43.3. The van der Waals surface area contributed by atoms with Gasteiger partial charge in [-0.2, -0.15) is 0 Å². The fraction of sp³-hybridized carbons (Fsp3) is 0.700. The maximum absolute atomic E-state index is 14.1. The minimum Gasteiger partial charge on any atom is -0.494 e. The van der Waals surface area contributed by atoms with Gasteiger partial charge in [-0.3, -0.25) is 14.4 Å². The quantitative estimate of drug-likeness (QED) is 0.242. The van der Waals surface area contributed by atoms with Gasteiger partial charge in [0.1, 0.15) is 17.4 Å². The molecule has 4 fully saturated rings. The lowest BCUT2D eigenvalue weighted by Crippen LogP contribution is -2.57. The molecule has 1 spiro atoms. The van der Waals surface area contributed by atoms with Gasteiger partial charge >= 0.3 is 0 Å². The number of halogens is 1. The molecule has 1 aliphatic carbocycles. The molecule has 3 amide bonds. The molecule has 0 radical (unpaired) electrons. The van der Waals surface area contributed by atoms with Crippen LogP contribution < -0.4 is 15.4 Å². The van der Waals surface area contributed by atoms with Gasteiger partial charge in [-0.25, -0.2) is 0 Å². The first-order valence-corrected chi connectivity index (χ1v) is 15.9. The highest BCUT2D eigenvalue weighted by atomic mass is 79.9. The number of rotatable bonds is 12. The number of unbranched alkanes of at least 4 members (excludes halogenated alkanes) is 3. The predicted molar refractivity (Wildman–Crippen MR) is 154 cm³/mol. The molecule has 4 aliphatic rings. The number of anilines is 1. The van der Waals surface area contributed by atoms with Crippen LogP contribution in [0.4, 0.5) is 5.69 Å². The van der Waals surface area contributed by atoms with Crippen LogP contribution in [-0.2, 0) is 19.1 Å². The number of benzene rings is 1. The Kier molecular flexibility index (Phi) is 9.37. The summed E-state index contributed by atoms with van der Waals surface area (Å²) in [5.41, 5.74) is -0.421. The number of likely N-dealkylation sites (tertiary alicyclic amines) is 1. The molecule has 3 heterocycles. The van der Waals surface area contributed by atoms with Crippen LogP contribution in [0.3, 0.4) is 0 Å². The Hall–Kier alpha value is -2.17. The van der Waals surface area contributed by atoms with Crippen LogP contribution >= 0.6 is 15.9 Å². The second-order valence-electron chi connectivity index (χ2n) is 11.6. The van der Waals surface area contributed by atoms with Crippen LogP contribution in [-0.4, -0.2) is 76.1 Å². The highest BCUT2D eigenvalue weighted by molar-refractivity contribution is 9.09. The largest absolute Gasteiger partial charge is 0.494 e. The zero-order chi connectivity index (χ0) is 28.3. The van der Waals surface area contributed by atoms with Crippen LogP contribution in [0.5, 0.6) is 5.75 Å². The van der Waals surface area contributed by atoms with Crippen molar-refractivity contribution in [2.45, 2.75) is 99.7 Å². The van der Waals surface area contributed by atoms with Gasteiger partial charge < -0.3 is 30.1 Å².